The van der Waals surface area contributed by atoms with Gasteiger partial charge in [-0.2, -0.15) is 0 Å². The third kappa shape index (κ3) is 5.55. The van der Waals surface area contributed by atoms with Crippen LogP contribution in [0.15, 0.2) is 71.1 Å². The Balaban J connectivity index is 1.50. The SMILES string of the molecule is CPC(C)(C)c1nnc(-c2cc3c(cc2F)C(F)(F)CCC(=O)N3Cc2ccc(Oc3ccccc3)cc2)o1. The van der Waals surface area contributed by atoms with Crippen LogP contribution in [0.2, 0.25) is 0 Å². The molecule has 0 saturated carbocycles. The summed E-state index contributed by atoms with van der Waals surface area (Å²) in [6.07, 6.45) is -1.10. The Labute approximate surface area is 226 Å². The standard InChI is InChI=1S/C29H27F3N3O3P/c1-28(2,39-3)27-34-33-26(38-27)21-15-24-22(16-23(21)30)29(31,32)14-13-25(36)35(24)17-18-9-11-20(12-10-18)37-19-7-5-4-6-8-19/h4-12,15-16,39H,13-14,17H2,1-3H3. The van der Waals surface area contributed by atoms with Gasteiger partial charge < -0.3 is 14.1 Å². The van der Waals surface area contributed by atoms with Gasteiger partial charge in [0.05, 0.1) is 23.0 Å². The van der Waals surface area contributed by atoms with Crippen LogP contribution in [0.1, 0.15) is 43.7 Å². The number of hydrogen-bond acceptors (Lipinski definition) is 5. The van der Waals surface area contributed by atoms with Gasteiger partial charge in [-0.25, -0.2) is 13.2 Å². The molecule has 1 aliphatic heterocycles. The third-order valence-electron chi connectivity index (χ3n) is 6.78. The first-order chi connectivity index (χ1) is 18.6. The maximum atomic E-state index is 15.2. The molecule has 4 aromatic rings. The van der Waals surface area contributed by atoms with Crippen molar-refractivity contribution in [2.45, 2.75) is 44.3 Å². The second kappa shape index (κ2) is 10.5. The lowest BCUT2D eigenvalue weighted by molar-refractivity contribution is -0.120. The largest absolute Gasteiger partial charge is 0.457 e. The van der Waals surface area contributed by atoms with E-state index in [1.54, 1.807) is 24.3 Å². The highest BCUT2D eigenvalue weighted by atomic mass is 31.1. The van der Waals surface area contributed by atoms with E-state index >= 15 is 13.2 Å². The maximum Gasteiger partial charge on any atom is 0.275 e. The highest BCUT2D eigenvalue weighted by Gasteiger charge is 2.41. The Hall–Kier alpha value is -3.71. The summed E-state index contributed by atoms with van der Waals surface area (Å²) < 4.78 is 57.0. The molecule has 0 fully saturated rings. The topological polar surface area (TPSA) is 68.5 Å². The number of rotatable bonds is 7. The molecule has 0 aliphatic carbocycles. The van der Waals surface area contributed by atoms with Gasteiger partial charge in [0.15, 0.2) is 0 Å². The molecule has 39 heavy (non-hydrogen) atoms. The number of nitrogens with zero attached hydrogens (tertiary/aromatic N) is 3. The van der Waals surface area contributed by atoms with E-state index in [1.165, 1.54) is 11.0 Å². The second-order valence-corrected chi connectivity index (χ2v) is 11.6. The zero-order valence-electron chi connectivity index (χ0n) is 21.7. The molecule has 0 saturated heterocycles. The van der Waals surface area contributed by atoms with Crippen molar-refractivity contribution in [3.05, 3.63) is 89.6 Å². The normalized spacial score (nSPS) is 15.4. The Morgan fingerprint density at radius 1 is 1.05 bits per heavy atom. The van der Waals surface area contributed by atoms with E-state index in [2.05, 4.69) is 10.2 Å². The molecule has 6 nitrogen and oxygen atoms in total. The molecule has 1 unspecified atom stereocenters. The first-order valence-corrected chi connectivity index (χ1v) is 13.9. The lowest BCUT2D eigenvalue weighted by atomic mass is 10.0. The van der Waals surface area contributed by atoms with Gasteiger partial charge in [0.25, 0.3) is 11.8 Å². The van der Waals surface area contributed by atoms with Gasteiger partial charge in [-0.3, -0.25) is 4.79 Å². The molecular weight excluding hydrogens is 526 g/mol. The Bertz CT molecular complexity index is 1490. The highest BCUT2D eigenvalue weighted by Crippen LogP contribution is 2.45. The van der Waals surface area contributed by atoms with E-state index in [0.717, 1.165) is 6.07 Å². The molecule has 0 bridgehead atoms. The number of para-hydroxylation sites is 1. The van der Waals surface area contributed by atoms with E-state index in [1.807, 2.05) is 50.8 Å². The Morgan fingerprint density at radius 2 is 1.74 bits per heavy atom. The predicted octanol–water partition coefficient (Wildman–Crippen LogP) is 7.63. The average Bonchev–Trinajstić information content (AvgIpc) is 3.40. The number of carbonyl (C=O) groups excluding carboxylic acids is 1. The maximum absolute atomic E-state index is 15.2. The fourth-order valence-corrected chi connectivity index (χ4v) is 4.56. The molecular formula is C29H27F3N3O3P. The Morgan fingerprint density at radius 3 is 2.44 bits per heavy atom. The van der Waals surface area contributed by atoms with Gasteiger partial charge in [-0.1, -0.05) is 30.3 Å². The molecule has 3 aromatic carbocycles. The van der Waals surface area contributed by atoms with E-state index < -0.39 is 34.8 Å². The van der Waals surface area contributed by atoms with E-state index in [0.29, 0.717) is 31.5 Å². The van der Waals surface area contributed by atoms with Gasteiger partial charge in [-0.05, 0) is 62.5 Å². The van der Waals surface area contributed by atoms with Crippen molar-refractivity contribution in [2.24, 2.45) is 0 Å². The molecule has 202 valence electrons. The summed E-state index contributed by atoms with van der Waals surface area (Å²) in [6, 6.07) is 18.3. The number of fused-ring (bicyclic) bond motifs is 1. The summed E-state index contributed by atoms with van der Waals surface area (Å²) >= 11 is 0. The number of halogens is 3. The third-order valence-corrected chi connectivity index (χ3v) is 8.25. The van der Waals surface area contributed by atoms with Gasteiger partial charge in [0.2, 0.25) is 11.8 Å². The molecule has 0 spiro atoms. The van der Waals surface area contributed by atoms with Crippen LogP contribution in [0.3, 0.4) is 0 Å². The first kappa shape index (κ1) is 26.9. The molecule has 1 aromatic heterocycles. The minimum Gasteiger partial charge on any atom is -0.457 e. The summed E-state index contributed by atoms with van der Waals surface area (Å²) in [5.41, 5.74) is -0.0740. The summed E-state index contributed by atoms with van der Waals surface area (Å²) in [6.45, 7) is 5.84. The van der Waals surface area contributed by atoms with Crippen molar-refractivity contribution in [3.8, 4) is 23.0 Å². The number of aromatic nitrogens is 2. The van der Waals surface area contributed by atoms with Crippen LogP contribution in [0.25, 0.3) is 11.5 Å². The molecule has 0 radical (unpaired) electrons. The van der Waals surface area contributed by atoms with Crippen LogP contribution in [0.5, 0.6) is 11.5 Å². The second-order valence-electron chi connectivity index (χ2n) is 9.88. The molecule has 2 heterocycles. The van der Waals surface area contributed by atoms with Crippen molar-refractivity contribution in [3.63, 3.8) is 0 Å². The fourth-order valence-electron chi connectivity index (χ4n) is 4.24. The van der Waals surface area contributed by atoms with E-state index in [4.69, 9.17) is 9.15 Å². The quantitative estimate of drug-likeness (QED) is 0.220. The molecule has 1 atom stereocenters. The van der Waals surface area contributed by atoms with E-state index in [-0.39, 0.29) is 30.1 Å². The predicted molar refractivity (Wildman–Crippen MR) is 144 cm³/mol. The van der Waals surface area contributed by atoms with Crippen LogP contribution in [0, 0.1) is 5.82 Å². The minimum atomic E-state index is -3.39. The van der Waals surface area contributed by atoms with Gasteiger partial charge in [-0.15, -0.1) is 18.8 Å². The summed E-state index contributed by atoms with van der Waals surface area (Å²) in [5, 5.41) is 7.63. The lowest BCUT2D eigenvalue weighted by Gasteiger charge is -2.25. The Kier molecular flexibility index (Phi) is 7.21. The number of anilines is 1. The minimum absolute atomic E-state index is 0.0116. The van der Waals surface area contributed by atoms with Gasteiger partial charge >= 0.3 is 0 Å². The molecule has 5 rings (SSSR count). The number of hydrogen-bond donors (Lipinski definition) is 0. The molecule has 0 N–H and O–H groups in total. The van der Waals surface area contributed by atoms with Crippen molar-refractivity contribution in [1.82, 2.24) is 10.2 Å². The van der Waals surface area contributed by atoms with Crippen LogP contribution in [-0.2, 0) is 22.4 Å². The van der Waals surface area contributed by atoms with Crippen molar-refractivity contribution >= 4 is 20.2 Å². The van der Waals surface area contributed by atoms with Crippen LogP contribution < -0.4 is 9.64 Å². The van der Waals surface area contributed by atoms with Gasteiger partial charge in [0.1, 0.15) is 17.3 Å². The number of carbonyl (C=O) groups is 1. The number of alkyl halides is 2. The van der Waals surface area contributed by atoms with E-state index in [9.17, 15) is 4.79 Å². The zero-order valence-corrected chi connectivity index (χ0v) is 22.7. The van der Waals surface area contributed by atoms with Gasteiger partial charge in [0, 0.05) is 18.4 Å². The fraction of sp³-hybridized carbons (Fsp3) is 0.276. The molecule has 1 aliphatic rings. The first-order valence-electron chi connectivity index (χ1n) is 12.4. The van der Waals surface area contributed by atoms with Crippen molar-refractivity contribution in [1.29, 1.82) is 0 Å². The van der Waals surface area contributed by atoms with Crippen LogP contribution >= 0.6 is 8.58 Å². The van der Waals surface area contributed by atoms with Crippen molar-refractivity contribution in [2.75, 3.05) is 11.6 Å². The average molecular weight is 554 g/mol. The summed E-state index contributed by atoms with van der Waals surface area (Å²) in [5.74, 6) is -3.34. The monoisotopic (exact) mass is 553 g/mol. The lowest BCUT2D eigenvalue weighted by Crippen LogP contribution is -2.29. The number of amides is 1. The highest BCUT2D eigenvalue weighted by molar-refractivity contribution is 7.38. The molecule has 10 heteroatoms. The summed E-state index contributed by atoms with van der Waals surface area (Å²) in [7, 11) is 0.442. The number of ether oxygens (including phenoxy) is 1. The smallest absolute Gasteiger partial charge is 0.275 e. The number of benzene rings is 3. The van der Waals surface area contributed by atoms with Crippen LogP contribution in [-0.4, -0.2) is 22.8 Å². The summed E-state index contributed by atoms with van der Waals surface area (Å²) in [4.78, 5) is 14.4. The molecule has 1 amide bonds. The zero-order chi connectivity index (χ0) is 27.8. The van der Waals surface area contributed by atoms with Crippen LogP contribution in [0.4, 0.5) is 18.9 Å². The van der Waals surface area contributed by atoms with Crippen molar-refractivity contribution < 1.29 is 27.1 Å².